The van der Waals surface area contributed by atoms with Crippen molar-refractivity contribution in [3.8, 4) is 0 Å². The Morgan fingerprint density at radius 2 is 1.70 bits per heavy atom. The van der Waals surface area contributed by atoms with Crippen LogP contribution in [0.25, 0.3) is 0 Å². The third-order valence-electron chi connectivity index (χ3n) is 3.71. The van der Waals surface area contributed by atoms with Gasteiger partial charge in [0.2, 0.25) is 5.91 Å². The maximum absolute atomic E-state index is 12.2. The predicted molar refractivity (Wildman–Crippen MR) is 82.4 cm³/mol. The summed E-state index contributed by atoms with van der Waals surface area (Å²) in [5.74, 6) is 0.935. The molecule has 0 aromatic rings. The fourth-order valence-electron chi connectivity index (χ4n) is 2.42. The van der Waals surface area contributed by atoms with Crippen LogP contribution in [0, 0.1) is 5.92 Å². The summed E-state index contributed by atoms with van der Waals surface area (Å²) >= 11 is 0. The summed E-state index contributed by atoms with van der Waals surface area (Å²) in [6.07, 6.45) is 4.06. The molecule has 0 radical (unpaired) electrons. The highest BCUT2D eigenvalue weighted by atomic mass is 35.5. The second kappa shape index (κ2) is 12.4. The highest BCUT2D eigenvalue weighted by Gasteiger charge is 2.17. The van der Waals surface area contributed by atoms with Crippen molar-refractivity contribution in [2.75, 3.05) is 53.6 Å². The van der Waals surface area contributed by atoms with Gasteiger partial charge in [0.15, 0.2) is 0 Å². The van der Waals surface area contributed by atoms with Crippen molar-refractivity contribution in [1.82, 2.24) is 10.2 Å². The van der Waals surface area contributed by atoms with Gasteiger partial charge in [-0.3, -0.25) is 4.79 Å². The Labute approximate surface area is 128 Å². The Kier molecular flexibility index (Phi) is 12.2. The predicted octanol–water partition coefficient (Wildman–Crippen LogP) is 1.31. The lowest BCUT2D eigenvalue weighted by Gasteiger charge is -2.25. The van der Waals surface area contributed by atoms with Crippen LogP contribution < -0.4 is 5.32 Å². The van der Waals surface area contributed by atoms with Gasteiger partial charge >= 0.3 is 0 Å². The molecule has 20 heavy (non-hydrogen) atoms. The van der Waals surface area contributed by atoms with Crippen LogP contribution in [0.4, 0.5) is 0 Å². The van der Waals surface area contributed by atoms with Crippen molar-refractivity contribution >= 4 is 18.3 Å². The van der Waals surface area contributed by atoms with Crippen LogP contribution in [-0.4, -0.2) is 64.4 Å². The zero-order valence-electron chi connectivity index (χ0n) is 12.7. The Bertz CT molecular complexity index is 241. The monoisotopic (exact) mass is 308 g/mol. The molecule has 0 aromatic carbocycles. The van der Waals surface area contributed by atoms with Crippen LogP contribution in [0.3, 0.4) is 0 Å². The lowest BCUT2D eigenvalue weighted by Crippen LogP contribution is -2.37. The maximum Gasteiger partial charge on any atom is 0.222 e. The summed E-state index contributed by atoms with van der Waals surface area (Å²) in [5.41, 5.74) is 0. The number of nitrogens with one attached hydrogen (secondary N) is 1. The zero-order valence-corrected chi connectivity index (χ0v) is 13.5. The van der Waals surface area contributed by atoms with Crippen LogP contribution in [0.5, 0.6) is 0 Å². The molecule has 1 saturated heterocycles. The fourth-order valence-corrected chi connectivity index (χ4v) is 2.42. The molecule has 1 N–H and O–H groups in total. The number of hydrogen-bond acceptors (Lipinski definition) is 4. The molecule has 6 heteroatoms. The number of nitrogens with zero attached hydrogens (tertiary/aromatic N) is 1. The van der Waals surface area contributed by atoms with Gasteiger partial charge in [0.05, 0.1) is 13.2 Å². The molecule has 1 heterocycles. The van der Waals surface area contributed by atoms with Crippen molar-refractivity contribution in [2.24, 2.45) is 5.92 Å². The van der Waals surface area contributed by atoms with Gasteiger partial charge in [-0.2, -0.15) is 0 Å². The van der Waals surface area contributed by atoms with Gasteiger partial charge in [-0.25, -0.2) is 0 Å². The molecule has 0 aliphatic carbocycles. The van der Waals surface area contributed by atoms with E-state index in [0.717, 1.165) is 19.5 Å². The van der Waals surface area contributed by atoms with Crippen molar-refractivity contribution < 1.29 is 14.3 Å². The average Bonchev–Trinajstić information content (AvgIpc) is 2.46. The molecule has 0 spiro atoms. The van der Waals surface area contributed by atoms with E-state index in [1.807, 2.05) is 4.90 Å². The molecule has 1 fully saturated rings. The quantitative estimate of drug-likeness (QED) is 0.698. The van der Waals surface area contributed by atoms with Crippen LogP contribution in [0.15, 0.2) is 0 Å². The molecule has 0 atom stereocenters. The molecule has 1 aliphatic rings. The lowest BCUT2D eigenvalue weighted by molar-refractivity contribution is -0.132. The van der Waals surface area contributed by atoms with Gasteiger partial charge in [-0.1, -0.05) is 0 Å². The Balaban J connectivity index is 0.00000361. The van der Waals surface area contributed by atoms with Crippen molar-refractivity contribution in [3.05, 3.63) is 0 Å². The minimum atomic E-state index is 0. The summed E-state index contributed by atoms with van der Waals surface area (Å²) in [7, 11) is 3.32. The van der Waals surface area contributed by atoms with Crippen LogP contribution in [0.1, 0.15) is 25.7 Å². The van der Waals surface area contributed by atoms with E-state index in [0.29, 0.717) is 38.6 Å². The highest BCUT2D eigenvalue weighted by Crippen LogP contribution is 2.18. The SMILES string of the molecule is COCCN(CCOC)C(=O)CCC1CCNCC1.Cl. The third kappa shape index (κ3) is 8.04. The maximum atomic E-state index is 12.2. The zero-order chi connectivity index (χ0) is 13.9. The normalized spacial score (nSPS) is 15.7. The minimum Gasteiger partial charge on any atom is -0.383 e. The minimum absolute atomic E-state index is 0. The van der Waals surface area contributed by atoms with Crippen molar-refractivity contribution in [1.29, 1.82) is 0 Å². The van der Waals surface area contributed by atoms with E-state index in [4.69, 9.17) is 9.47 Å². The Hall–Kier alpha value is -0.360. The molecule has 1 rings (SSSR count). The first-order valence-electron chi connectivity index (χ1n) is 7.24. The highest BCUT2D eigenvalue weighted by molar-refractivity contribution is 5.85. The van der Waals surface area contributed by atoms with Crippen LogP contribution in [0.2, 0.25) is 0 Å². The van der Waals surface area contributed by atoms with Gasteiger partial charge in [-0.05, 0) is 38.3 Å². The van der Waals surface area contributed by atoms with Crippen LogP contribution >= 0.6 is 12.4 Å². The summed E-state index contributed by atoms with van der Waals surface area (Å²) in [6.45, 7) is 4.67. The van der Waals surface area contributed by atoms with E-state index in [1.165, 1.54) is 12.8 Å². The van der Waals surface area contributed by atoms with Crippen molar-refractivity contribution in [3.63, 3.8) is 0 Å². The molecule has 0 bridgehead atoms. The summed E-state index contributed by atoms with van der Waals surface area (Å²) in [4.78, 5) is 14.1. The molecule has 120 valence electrons. The Morgan fingerprint density at radius 3 is 2.20 bits per heavy atom. The second-order valence-corrected chi connectivity index (χ2v) is 5.10. The summed E-state index contributed by atoms with van der Waals surface area (Å²) in [5, 5.41) is 3.35. The van der Waals surface area contributed by atoms with E-state index in [-0.39, 0.29) is 18.3 Å². The van der Waals surface area contributed by atoms with Gasteiger partial charge in [0.1, 0.15) is 0 Å². The van der Waals surface area contributed by atoms with Gasteiger partial charge in [-0.15, -0.1) is 12.4 Å². The lowest BCUT2D eigenvalue weighted by atomic mass is 9.93. The number of piperidine rings is 1. The van der Waals surface area contributed by atoms with Gasteiger partial charge < -0.3 is 19.7 Å². The number of amides is 1. The largest absolute Gasteiger partial charge is 0.383 e. The molecule has 5 nitrogen and oxygen atoms in total. The number of hydrogen-bond donors (Lipinski definition) is 1. The molecule has 1 amide bonds. The van der Waals surface area contributed by atoms with E-state index in [1.54, 1.807) is 14.2 Å². The first kappa shape index (κ1) is 19.6. The molecular weight excluding hydrogens is 280 g/mol. The smallest absolute Gasteiger partial charge is 0.222 e. The number of carbonyl (C=O) groups is 1. The topological polar surface area (TPSA) is 50.8 Å². The number of ether oxygens (including phenoxy) is 2. The Morgan fingerprint density at radius 1 is 1.15 bits per heavy atom. The molecule has 0 unspecified atom stereocenters. The number of methoxy groups -OCH3 is 2. The molecular formula is C14H29ClN2O3. The van der Waals surface area contributed by atoms with Gasteiger partial charge in [0, 0.05) is 33.7 Å². The van der Waals surface area contributed by atoms with E-state index in [9.17, 15) is 4.79 Å². The average molecular weight is 309 g/mol. The fraction of sp³-hybridized carbons (Fsp3) is 0.929. The molecule has 0 aromatic heterocycles. The molecule has 0 saturated carbocycles. The first-order chi connectivity index (χ1) is 9.27. The van der Waals surface area contributed by atoms with E-state index in [2.05, 4.69) is 5.32 Å². The van der Waals surface area contributed by atoms with Gasteiger partial charge in [0.25, 0.3) is 0 Å². The third-order valence-corrected chi connectivity index (χ3v) is 3.71. The number of rotatable bonds is 9. The first-order valence-corrected chi connectivity index (χ1v) is 7.24. The second-order valence-electron chi connectivity index (χ2n) is 5.10. The summed E-state index contributed by atoms with van der Waals surface area (Å²) in [6, 6.07) is 0. The number of halogens is 1. The molecule has 1 aliphatic heterocycles. The standard InChI is InChI=1S/C14H28N2O3.ClH/c1-18-11-9-16(10-12-19-2)14(17)4-3-13-5-7-15-8-6-13;/h13,15H,3-12H2,1-2H3;1H. The van der Waals surface area contributed by atoms with Crippen molar-refractivity contribution in [2.45, 2.75) is 25.7 Å². The summed E-state index contributed by atoms with van der Waals surface area (Å²) < 4.78 is 10.1. The number of carbonyl (C=O) groups excluding carboxylic acids is 1. The van der Waals surface area contributed by atoms with E-state index >= 15 is 0 Å². The van der Waals surface area contributed by atoms with Crippen LogP contribution in [-0.2, 0) is 14.3 Å². The van der Waals surface area contributed by atoms with E-state index < -0.39 is 0 Å².